The van der Waals surface area contributed by atoms with Gasteiger partial charge in [0.25, 0.3) is 0 Å². The third-order valence-corrected chi connectivity index (χ3v) is 14.0. The van der Waals surface area contributed by atoms with Gasteiger partial charge in [-0.15, -0.1) is 0 Å². The van der Waals surface area contributed by atoms with E-state index in [-0.39, 0.29) is 12.5 Å². The zero-order valence-electron chi connectivity index (χ0n) is 46.8. The number of allylic oxidation sites excluding steroid dienone is 12. The Morgan fingerprint density at radius 3 is 1.28 bits per heavy atom. The van der Waals surface area contributed by atoms with E-state index in [1.54, 1.807) is 0 Å². The lowest BCUT2D eigenvalue weighted by Crippen LogP contribution is -2.51. The zero-order valence-corrected chi connectivity index (χ0v) is 47.7. The monoisotopic (exact) mass is 1020 g/mol. The number of quaternary nitrogens is 1. The highest BCUT2D eigenvalue weighted by Gasteiger charge is 2.32. The largest absolute Gasteiger partial charge is 0.472 e. The number of phosphoric acid groups is 1. The topological polar surface area (TPSA) is 125 Å². The molecule has 0 aliphatic rings. The summed E-state index contributed by atoms with van der Waals surface area (Å²) in [5.74, 6) is -0.259. The van der Waals surface area contributed by atoms with Crippen LogP contribution in [0.2, 0.25) is 0 Å². The van der Waals surface area contributed by atoms with Gasteiger partial charge >= 0.3 is 7.82 Å². The van der Waals surface area contributed by atoms with Crippen LogP contribution in [0.4, 0.5) is 0 Å². The van der Waals surface area contributed by atoms with Gasteiger partial charge in [-0.2, -0.15) is 0 Å². The second-order valence-corrected chi connectivity index (χ2v) is 22.6. The molecule has 0 aromatic carbocycles. The first-order chi connectivity index (χ1) is 34.4. The molecule has 4 atom stereocenters. The van der Waals surface area contributed by atoms with Gasteiger partial charge in [0.2, 0.25) is 5.91 Å². The Labute approximate surface area is 438 Å². The maximum atomic E-state index is 13.0. The Morgan fingerprint density at radius 1 is 0.507 bits per heavy atom. The maximum Gasteiger partial charge on any atom is 0.472 e. The molecule has 0 saturated heterocycles. The van der Waals surface area contributed by atoms with E-state index >= 15 is 0 Å². The second-order valence-electron chi connectivity index (χ2n) is 21.1. The van der Waals surface area contributed by atoms with E-state index in [1.165, 1.54) is 148 Å². The van der Waals surface area contributed by atoms with E-state index in [4.69, 9.17) is 9.05 Å². The number of unbranched alkanes of at least 4 members (excludes halogenated alkanes) is 27. The second kappa shape index (κ2) is 51.4. The lowest BCUT2D eigenvalue weighted by atomic mass is 9.99. The molecule has 0 radical (unpaired) electrons. The fourth-order valence-corrected chi connectivity index (χ4v) is 9.18. The van der Waals surface area contributed by atoms with Crippen molar-refractivity contribution >= 4 is 13.7 Å². The van der Waals surface area contributed by atoms with E-state index in [9.17, 15) is 24.5 Å². The summed E-state index contributed by atoms with van der Waals surface area (Å²) < 4.78 is 23.6. The molecule has 0 aromatic heterocycles. The SMILES string of the molecule is CC/C=C\C/C=C\C/C=C\C/C=C\C/C=C\C/C=C\CCCCCCCCCCCCCCCCCCC(=O)NC(COP(=O)(O)OCC[N+](C)(C)C)C(O)C(O)CCCCCCCCCCCCCC. The average molecular weight is 1020 g/mol. The number of aliphatic hydroxyl groups excluding tert-OH is 2. The normalized spacial score (nSPS) is 14.9. The molecule has 10 heteroatoms. The number of hydrogen-bond donors (Lipinski definition) is 4. The Kier molecular flexibility index (Phi) is 49.9. The highest BCUT2D eigenvalue weighted by atomic mass is 31.2. The first-order valence-electron chi connectivity index (χ1n) is 29.4. The van der Waals surface area contributed by atoms with Crippen LogP contribution in [0.25, 0.3) is 0 Å². The van der Waals surface area contributed by atoms with Crippen LogP contribution < -0.4 is 5.32 Å². The van der Waals surface area contributed by atoms with Crippen LogP contribution in [0.3, 0.4) is 0 Å². The van der Waals surface area contributed by atoms with E-state index < -0.39 is 32.7 Å². The zero-order chi connectivity index (χ0) is 52.2. The Balaban J connectivity index is 4.08. The molecule has 0 bridgehead atoms. The molecular formula is C61H114N2O7P+. The van der Waals surface area contributed by atoms with Crippen LogP contribution in [-0.2, 0) is 18.4 Å². The van der Waals surface area contributed by atoms with Crippen molar-refractivity contribution in [2.45, 2.75) is 270 Å². The summed E-state index contributed by atoms with van der Waals surface area (Å²) >= 11 is 0. The van der Waals surface area contributed by atoms with Gasteiger partial charge in [-0.25, -0.2) is 4.57 Å². The van der Waals surface area contributed by atoms with Crippen molar-refractivity contribution in [2.24, 2.45) is 0 Å². The van der Waals surface area contributed by atoms with Gasteiger partial charge in [0.15, 0.2) is 0 Å². The number of nitrogens with one attached hydrogen (secondary N) is 1. The quantitative estimate of drug-likeness (QED) is 0.0207. The summed E-state index contributed by atoms with van der Waals surface area (Å²) in [5.41, 5.74) is 0. The van der Waals surface area contributed by atoms with Crippen LogP contribution >= 0.6 is 7.82 Å². The maximum absolute atomic E-state index is 13.0. The Morgan fingerprint density at radius 2 is 0.873 bits per heavy atom. The van der Waals surface area contributed by atoms with E-state index in [0.29, 0.717) is 23.9 Å². The van der Waals surface area contributed by atoms with Gasteiger partial charge in [0.1, 0.15) is 19.3 Å². The number of carbonyl (C=O) groups is 1. The van der Waals surface area contributed by atoms with Crippen molar-refractivity contribution in [3.05, 3.63) is 72.9 Å². The number of rotatable bonds is 53. The number of carbonyl (C=O) groups excluding carboxylic acids is 1. The number of aliphatic hydroxyl groups is 2. The summed E-state index contributed by atoms with van der Waals surface area (Å²) in [6, 6.07) is -1.03. The lowest BCUT2D eigenvalue weighted by molar-refractivity contribution is -0.870. The van der Waals surface area contributed by atoms with Gasteiger partial charge in [-0.1, -0.05) is 254 Å². The van der Waals surface area contributed by atoms with Crippen molar-refractivity contribution < 1.29 is 38.0 Å². The summed E-state index contributed by atoms with van der Waals surface area (Å²) in [5, 5.41) is 24.8. The van der Waals surface area contributed by atoms with Gasteiger partial charge in [-0.05, 0) is 64.2 Å². The third kappa shape index (κ3) is 52.6. The highest BCUT2D eigenvalue weighted by molar-refractivity contribution is 7.47. The van der Waals surface area contributed by atoms with Crippen LogP contribution in [-0.4, -0.2) is 84.6 Å². The number of nitrogens with zero attached hydrogens (tertiary/aromatic N) is 1. The molecule has 4 unspecified atom stereocenters. The first kappa shape index (κ1) is 68.9. The van der Waals surface area contributed by atoms with Crippen LogP contribution in [0, 0.1) is 0 Å². The highest BCUT2D eigenvalue weighted by Crippen LogP contribution is 2.43. The van der Waals surface area contributed by atoms with Gasteiger partial charge < -0.3 is 24.9 Å². The fraction of sp³-hybridized carbons (Fsp3) is 0.787. The molecule has 0 spiro atoms. The minimum Gasteiger partial charge on any atom is -0.390 e. The van der Waals surface area contributed by atoms with E-state index in [0.717, 1.165) is 77.0 Å². The van der Waals surface area contributed by atoms with Crippen LogP contribution in [0.5, 0.6) is 0 Å². The smallest absolute Gasteiger partial charge is 0.390 e. The minimum atomic E-state index is -4.42. The summed E-state index contributed by atoms with van der Waals surface area (Å²) in [4.78, 5) is 23.3. The number of phosphoric ester groups is 1. The number of hydrogen-bond acceptors (Lipinski definition) is 6. The Hall–Kier alpha value is -2.10. The van der Waals surface area contributed by atoms with Crippen molar-refractivity contribution in [2.75, 3.05) is 40.9 Å². The molecule has 0 aliphatic heterocycles. The lowest BCUT2D eigenvalue weighted by Gasteiger charge is -2.28. The predicted molar refractivity (Wildman–Crippen MR) is 306 cm³/mol. The fourth-order valence-electron chi connectivity index (χ4n) is 8.44. The molecule has 0 aliphatic carbocycles. The Bertz CT molecular complexity index is 1400. The molecule has 4 N–H and O–H groups in total. The van der Waals surface area contributed by atoms with Crippen molar-refractivity contribution in [3.8, 4) is 0 Å². The number of likely N-dealkylation sites (N-methyl/N-ethyl adjacent to an activating group) is 1. The van der Waals surface area contributed by atoms with Crippen LogP contribution in [0.1, 0.15) is 251 Å². The van der Waals surface area contributed by atoms with E-state index in [1.807, 2.05) is 21.1 Å². The van der Waals surface area contributed by atoms with Crippen molar-refractivity contribution in [3.63, 3.8) is 0 Å². The molecule has 0 heterocycles. The predicted octanol–water partition coefficient (Wildman–Crippen LogP) is 16.8. The van der Waals surface area contributed by atoms with Crippen molar-refractivity contribution in [1.82, 2.24) is 5.32 Å². The van der Waals surface area contributed by atoms with Crippen molar-refractivity contribution in [1.29, 1.82) is 0 Å². The summed E-state index contributed by atoms with van der Waals surface area (Å²) in [7, 11) is 1.44. The number of amides is 1. The average Bonchev–Trinajstić information content (AvgIpc) is 3.33. The molecule has 0 aromatic rings. The molecular weight excluding hydrogens is 904 g/mol. The van der Waals surface area contributed by atoms with Gasteiger partial charge in [0, 0.05) is 6.42 Å². The standard InChI is InChI=1S/C61H113N2O7P/c1-6-8-10-12-14-16-18-20-21-22-23-24-25-26-27-28-29-30-31-32-33-34-35-36-37-38-39-40-41-42-44-46-48-50-52-54-60(65)62-58(57-70-71(67,68)69-56-55-63(3,4)5)61(66)59(64)53-51-49-47-45-43-19-17-15-13-11-9-7-2/h8,10,14,16,20-21,23-24,26-27,29-30,58-59,61,64,66H,6-7,9,11-13,15,17-19,22,25,28,31-57H2,1-5H3,(H-,62,65,67,68)/p+1/b10-8-,16-14-,21-20-,24-23-,27-26-,30-29-. The molecule has 0 rings (SSSR count). The molecule has 71 heavy (non-hydrogen) atoms. The minimum absolute atomic E-state index is 0.0207. The van der Waals surface area contributed by atoms with E-state index in [2.05, 4.69) is 92.1 Å². The van der Waals surface area contributed by atoms with Gasteiger partial charge in [-0.3, -0.25) is 13.8 Å². The summed E-state index contributed by atoms with van der Waals surface area (Å²) in [6.45, 7) is 4.50. The molecule has 0 fully saturated rings. The molecule has 414 valence electrons. The molecule has 0 saturated carbocycles. The van der Waals surface area contributed by atoms with Crippen LogP contribution in [0.15, 0.2) is 72.9 Å². The third-order valence-electron chi connectivity index (χ3n) is 13.1. The van der Waals surface area contributed by atoms with Gasteiger partial charge in [0.05, 0.1) is 39.9 Å². The molecule has 9 nitrogen and oxygen atoms in total. The summed E-state index contributed by atoms with van der Waals surface area (Å²) in [6.07, 6.45) is 67.1. The molecule has 1 amide bonds. The first-order valence-corrected chi connectivity index (χ1v) is 30.9.